The van der Waals surface area contributed by atoms with E-state index in [1.54, 1.807) is 39.0 Å². The van der Waals surface area contributed by atoms with Gasteiger partial charge in [0.15, 0.2) is 0 Å². The average molecular weight is 479 g/mol. The number of benzene rings is 1. The maximum absolute atomic E-state index is 12.6. The first kappa shape index (κ1) is 27.1. The first-order chi connectivity index (χ1) is 15.4. The van der Waals surface area contributed by atoms with Crippen LogP contribution in [-0.4, -0.2) is 37.7 Å². The van der Waals surface area contributed by atoms with Crippen molar-refractivity contribution < 1.29 is 22.7 Å². The van der Waals surface area contributed by atoms with E-state index in [1.165, 1.54) is 6.08 Å². The fourth-order valence-corrected chi connectivity index (χ4v) is 4.37. The molecule has 2 rings (SSSR count). The van der Waals surface area contributed by atoms with Crippen LogP contribution in [0, 0.1) is 11.8 Å². The summed E-state index contributed by atoms with van der Waals surface area (Å²) >= 11 is 0. The number of rotatable bonds is 9. The maximum atomic E-state index is 12.6. The van der Waals surface area contributed by atoms with Gasteiger partial charge in [-0.25, -0.2) is 17.9 Å². The molecule has 8 heteroatoms. The molecular weight excluding hydrogens is 440 g/mol. The molecule has 1 unspecified atom stereocenters. The van der Waals surface area contributed by atoms with Crippen LogP contribution in [0.15, 0.2) is 30.3 Å². The highest BCUT2D eigenvalue weighted by Gasteiger charge is 2.34. The zero-order valence-corrected chi connectivity index (χ0v) is 21.2. The van der Waals surface area contributed by atoms with Crippen molar-refractivity contribution in [2.24, 2.45) is 11.8 Å². The zero-order chi connectivity index (χ0) is 24.6. The Bertz CT molecular complexity index is 925. The van der Waals surface area contributed by atoms with Crippen LogP contribution in [-0.2, 0) is 24.3 Å². The zero-order valence-electron chi connectivity index (χ0n) is 20.4. The second-order valence-corrected chi connectivity index (χ2v) is 12.3. The van der Waals surface area contributed by atoms with E-state index in [0.29, 0.717) is 43.9 Å². The van der Waals surface area contributed by atoms with Gasteiger partial charge in [-0.05, 0) is 76.1 Å². The fraction of sp³-hybridized carbons (Fsp3) is 0.600. The minimum atomic E-state index is -3.39. The summed E-state index contributed by atoms with van der Waals surface area (Å²) in [6.45, 7) is 9.52. The molecule has 1 aliphatic rings. The average Bonchev–Trinajstić information content (AvgIpc) is 2.76. The van der Waals surface area contributed by atoms with E-state index in [9.17, 15) is 18.0 Å². The molecule has 1 aliphatic carbocycles. The van der Waals surface area contributed by atoms with Gasteiger partial charge >= 0.3 is 5.97 Å². The second-order valence-electron chi connectivity index (χ2n) is 9.87. The summed E-state index contributed by atoms with van der Waals surface area (Å²) in [5, 5.41) is 2.94. The van der Waals surface area contributed by atoms with Gasteiger partial charge in [0.25, 0.3) is 0 Å². The molecule has 1 amide bonds. The summed E-state index contributed by atoms with van der Waals surface area (Å²) < 4.78 is 31.8. The Kier molecular flexibility index (Phi) is 9.67. The van der Waals surface area contributed by atoms with Crippen LogP contribution >= 0.6 is 0 Å². The molecule has 7 nitrogen and oxygen atoms in total. The minimum Gasteiger partial charge on any atom is -0.462 e. The fourth-order valence-electron chi connectivity index (χ4n) is 3.35. The molecule has 1 saturated carbocycles. The van der Waals surface area contributed by atoms with Gasteiger partial charge in [-0.15, -0.1) is 0 Å². The first-order valence-corrected chi connectivity index (χ1v) is 13.2. The summed E-state index contributed by atoms with van der Waals surface area (Å²) in [7, 11) is -3.39. The normalized spacial score (nSPS) is 20.4. The van der Waals surface area contributed by atoms with Crippen LogP contribution in [0.1, 0.15) is 72.3 Å². The highest BCUT2D eigenvalue weighted by Crippen LogP contribution is 2.27. The molecule has 1 aromatic rings. The van der Waals surface area contributed by atoms with Gasteiger partial charge < -0.3 is 10.1 Å². The lowest BCUT2D eigenvalue weighted by atomic mass is 9.86. The van der Waals surface area contributed by atoms with Crippen molar-refractivity contribution in [3.8, 4) is 0 Å². The van der Waals surface area contributed by atoms with Gasteiger partial charge in [-0.2, -0.15) is 0 Å². The largest absolute Gasteiger partial charge is 0.462 e. The lowest BCUT2D eigenvalue weighted by Crippen LogP contribution is -2.46. The lowest BCUT2D eigenvalue weighted by Gasteiger charge is -2.30. The summed E-state index contributed by atoms with van der Waals surface area (Å²) in [6.07, 6.45) is 6.62. The number of esters is 1. The SMILES string of the molecule is CCC(C)COC(=O)/C=C/c1ccc(NC(=O)[C@H]2CC[C@H](NS(=O)(=O)C(C)(C)C)CC2)cc1. The number of carbonyl (C=O) groups excluding carboxylic acids is 2. The topological polar surface area (TPSA) is 102 Å². The number of hydrogen-bond acceptors (Lipinski definition) is 5. The third kappa shape index (κ3) is 8.59. The molecule has 1 fully saturated rings. The third-order valence-corrected chi connectivity index (χ3v) is 8.28. The standard InChI is InChI=1S/C25H38N2O5S/c1-6-18(2)17-32-23(28)16-9-19-7-12-21(13-8-19)26-24(29)20-10-14-22(15-11-20)27-33(30,31)25(3,4)5/h7-9,12-13,16,18,20,22,27H,6,10-11,14-15,17H2,1-5H3,(H,26,29)/b16-9+/t18?,20-,22-. The number of anilines is 1. The molecule has 0 radical (unpaired) electrons. The molecule has 1 atom stereocenters. The number of amides is 1. The minimum absolute atomic E-state index is 0.0518. The van der Waals surface area contributed by atoms with Crippen LogP contribution in [0.3, 0.4) is 0 Å². The van der Waals surface area contributed by atoms with Gasteiger partial charge in [-0.1, -0.05) is 32.4 Å². The Morgan fingerprint density at radius 2 is 1.73 bits per heavy atom. The van der Waals surface area contributed by atoms with Crippen LogP contribution in [0.4, 0.5) is 5.69 Å². The van der Waals surface area contributed by atoms with Crippen molar-refractivity contribution in [3.05, 3.63) is 35.9 Å². The molecule has 33 heavy (non-hydrogen) atoms. The Labute approximate surface area is 198 Å². The van der Waals surface area contributed by atoms with Gasteiger partial charge in [0, 0.05) is 23.7 Å². The summed E-state index contributed by atoms with van der Waals surface area (Å²) in [4.78, 5) is 24.4. The van der Waals surface area contributed by atoms with Crippen molar-refractivity contribution in [2.45, 2.75) is 77.5 Å². The van der Waals surface area contributed by atoms with E-state index in [1.807, 2.05) is 19.1 Å². The molecule has 0 bridgehead atoms. The smallest absolute Gasteiger partial charge is 0.330 e. The second kappa shape index (κ2) is 11.8. The van der Waals surface area contributed by atoms with E-state index in [4.69, 9.17) is 4.74 Å². The highest BCUT2D eigenvalue weighted by molar-refractivity contribution is 7.90. The van der Waals surface area contributed by atoms with Crippen molar-refractivity contribution in [2.75, 3.05) is 11.9 Å². The quantitative estimate of drug-likeness (QED) is 0.402. The molecule has 0 spiro atoms. The third-order valence-electron chi connectivity index (χ3n) is 6.02. The monoisotopic (exact) mass is 478 g/mol. The Balaban J connectivity index is 1.81. The van der Waals surface area contributed by atoms with Crippen LogP contribution in [0.25, 0.3) is 6.08 Å². The Hall–Kier alpha value is -2.19. The summed E-state index contributed by atoms with van der Waals surface area (Å²) in [5.74, 6) is -0.217. The Morgan fingerprint density at radius 1 is 1.12 bits per heavy atom. The molecule has 0 heterocycles. The van der Waals surface area contributed by atoms with Crippen LogP contribution < -0.4 is 10.0 Å². The first-order valence-electron chi connectivity index (χ1n) is 11.7. The summed E-state index contributed by atoms with van der Waals surface area (Å²) in [5.41, 5.74) is 1.52. The molecular formula is C25H38N2O5S. The number of hydrogen-bond donors (Lipinski definition) is 2. The maximum Gasteiger partial charge on any atom is 0.330 e. The van der Waals surface area contributed by atoms with Crippen LogP contribution in [0.5, 0.6) is 0 Å². The number of nitrogens with one attached hydrogen (secondary N) is 2. The predicted molar refractivity (Wildman–Crippen MR) is 132 cm³/mol. The predicted octanol–water partition coefficient (Wildman–Crippen LogP) is 4.50. The van der Waals surface area contributed by atoms with E-state index in [0.717, 1.165) is 12.0 Å². The lowest BCUT2D eigenvalue weighted by molar-refractivity contribution is -0.138. The summed E-state index contributed by atoms with van der Waals surface area (Å²) in [6, 6.07) is 7.12. The highest BCUT2D eigenvalue weighted by atomic mass is 32.2. The molecule has 2 N–H and O–H groups in total. The number of sulfonamides is 1. The van der Waals surface area contributed by atoms with Crippen molar-refractivity contribution in [3.63, 3.8) is 0 Å². The molecule has 184 valence electrons. The molecule has 0 saturated heterocycles. The van der Waals surface area contributed by atoms with Crippen molar-refractivity contribution >= 4 is 33.7 Å². The van der Waals surface area contributed by atoms with E-state index < -0.39 is 14.8 Å². The molecule has 1 aromatic carbocycles. The Morgan fingerprint density at radius 3 is 2.27 bits per heavy atom. The molecule has 0 aliphatic heterocycles. The van der Waals surface area contributed by atoms with E-state index in [2.05, 4.69) is 17.0 Å². The van der Waals surface area contributed by atoms with Gasteiger partial charge in [-0.3, -0.25) is 4.79 Å². The van der Waals surface area contributed by atoms with Gasteiger partial charge in [0.2, 0.25) is 15.9 Å². The van der Waals surface area contributed by atoms with Gasteiger partial charge in [0.05, 0.1) is 11.4 Å². The number of ether oxygens (including phenoxy) is 1. The van der Waals surface area contributed by atoms with E-state index >= 15 is 0 Å². The van der Waals surface area contributed by atoms with Crippen LogP contribution in [0.2, 0.25) is 0 Å². The van der Waals surface area contributed by atoms with Crippen molar-refractivity contribution in [1.82, 2.24) is 4.72 Å². The number of carbonyl (C=O) groups is 2. The van der Waals surface area contributed by atoms with Crippen molar-refractivity contribution in [1.29, 1.82) is 0 Å². The van der Waals surface area contributed by atoms with E-state index in [-0.39, 0.29) is 23.8 Å². The van der Waals surface area contributed by atoms with Gasteiger partial charge in [0.1, 0.15) is 0 Å². The molecule has 0 aromatic heterocycles.